The summed E-state index contributed by atoms with van der Waals surface area (Å²) in [6.07, 6.45) is 1.09. The monoisotopic (exact) mass is 314 g/mol. The molecule has 1 N–H and O–H groups in total. The largest absolute Gasteiger partial charge is 0.371 e. The first-order valence-corrected chi connectivity index (χ1v) is 7.94. The van der Waals surface area contributed by atoms with Gasteiger partial charge in [-0.1, -0.05) is 41.9 Å². The van der Waals surface area contributed by atoms with Gasteiger partial charge in [0.1, 0.15) is 0 Å². The van der Waals surface area contributed by atoms with Crippen LogP contribution in [-0.4, -0.2) is 25.5 Å². The molecule has 0 spiro atoms. The maximum Gasteiger partial charge on any atom is 0.252 e. The molecule has 2 aromatic rings. The minimum Gasteiger partial charge on any atom is -0.371 e. The zero-order valence-corrected chi connectivity index (χ0v) is 13.1. The highest BCUT2D eigenvalue weighted by Gasteiger charge is 2.23. The van der Waals surface area contributed by atoms with E-state index in [1.54, 1.807) is 12.1 Å². The summed E-state index contributed by atoms with van der Waals surface area (Å²) in [6, 6.07) is 17.5. The Bertz CT molecular complexity index is 645. The Morgan fingerprint density at radius 3 is 2.64 bits per heavy atom. The van der Waals surface area contributed by atoms with Crippen LogP contribution in [0.5, 0.6) is 0 Å². The lowest BCUT2D eigenvalue weighted by molar-refractivity contribution is 0.0948. The molecular weight excluding hydrogens is 296 g/mol. The van der Waals surface area contributed by atoms with Crippen molar-refractivity contribution in [2.24, 2.45) is 5.92 Å². The van der Waals surface area contributed by atoms with E-state index < -0.39 is 0 Å². The molecule has 1 aliphatic heterocycles. The molecule has 1 fully saturated rings. The van der Waals surface area contributed by atoms with Crippen LogP contribution in [0.3, 0.4) is 0 Å². The van der Waals surface area contributed by atoms with Gasteiger partial charge in [-0.05, 0) is 36.6 Å². The van der Waals surface area contributed by atoms with Crippen molar-refractivity contribution in [3.63, 3.8) is 0 Å². The summed E-state index contributed by atoms with van der Waals surface area (Å²) in [5.41, 5.74) is 1.80. The third kappa shape index (κ3) is 3.42. The maximum absolute atomic E-state index is 12.2. The average Bonchev–Trinajstić information content (AvgIpc) is 3.03. The number of halogens is 1. The van der Waals surface area contributed by atoms with Gasteiger partial charge in [0.25, 0.3) is 5.91 Å². The van der Waals surface area contributed by atoms with Gasteiger partial charge in [-0.2, -0.15) is 0 Å². The van der Waals surface area contributed by atoms with E-state index in [9.17, 15) is 4.79 Å². The molecular formula is C18H19ClN2O. The highest BCUT2D eigenvalue weighted by molar-refractivity contribution is 6.33. The molecule has 0 radical (unpaired) electrons. The SMILES string of the molecule is O=C(NCC1CCN(c2ccccc2)C1)c1ccccc1Cl. The van der Waals surface area contributed by atoms with Crippen LogP contribution in [0.1, 0.15) is 16.8 Å². The number of rotatable bonds is 4. The number of para-hydroxylation sites is 1. The lowest BCUT2D eigenvalue weighted by Gasteiger charge is -2.18. The second-order valence-electron chi connectivity index (χ2n) is 5.63. The van der Waals surface area contributed by atoms with Crippen LogP contribution in [0, 0.1) is 5.92 Å². The van der Waals surface area contributed by atoms with Gasteiger partial charge in [-0.3, -0.25) is 4.79 Å². The molecule has 114 valence electrons. The van der Waals surface area contributed by atoms with Crippen LogP contribution in [-0.2, 0) is 0 Å². The van der Waals surface area contributed by atoms with Crippen LogP contribution >= 0.6 is 11.6 Å². The fourth-order valence-electron chi connectivity index (χ4n) is 2.85. The highest BCUT2D eigenvalue weighted by Crippen LogP contribution is 2.23. The fourth-order valence-corrected chi connectivity index (χ4v) is 3.07. The van der Waals surface area contributed by atoms with E-state index in [1.807, 2.05) is 18.2 Å². The van der Waals surface area contributed by atoms with Crippen LogP contribution in [0.2, 0.25) is 5.02 Å². The maximum atomic E-state index is 12.2. The first kappa shape index (κ1) is 14.9. The number of carbonyl (C=O) groups excluding carboxylic acids is 1. The van der Waals surface area contributed by atoms with Gasteiger partial charge in [0.2, 0.25) is 0 Å². The standard InChI is InChI=1S/C18H19ClN2O/c19-17-9-5-4-8-16(17)18(22)20-12-14-10-11-21(13-14)15-6-2-1-3-7-15/h1-9,14H,10-13H2,(H,20,22). The smallest absolute Gasteiger partial charge is 0.252 e. The fraction of sp³-hybridized carbons (Fsp3) is 0.278. The molecule has 1 saturated heterocycles. The summed E-state index contributed by atoms with van der Waals surface area (Å²) < 4.78 is 0. The van der Waals surface area contributed by atoms with Gasteiger partial charge >= 0.3 is 0 Å². The lowest BCUT2D eigenvalue weighted by atomic mass is 10.1. The van der Waals surface area contributed by atoms with Gasteiger partial charge in [0.05, 0.1) is 10.6 Å². The van der Waals surface area contributed by atoms with E-state index in [4.69, 9.17) is 11.6 Å². The third-order valence-corrected chi connectivity index (χ3v) is 4.41. The molecule has 22 heavy (non-hydrogen) atoms. The van der Waals surface area contributed by atoms with Crippen LogP contribution < -0.4 is 10.2 Å². The number of anilines is 1. The number of hydrogen-bond acceptors (Lipinski definition) is 2. The van der Waals surface area contributed by atoms with Crippen molar-refractivity contribution in [3.8, 4) is 0 Å². The molecule has 1 atom stereocenters. The van der Waals surface area contributed by atoms with Gasteiger partial charge < -0.3 is 10.2 Å². The topological polar surface area (TPSA) is 32.3 Å². The Balaban J connectivity index is 1.53. The molecule has 1 aliphatic rings. The summed E-state index contributed by atoms with van der Waals surface area (Å²) >= 11 is 6.05. The molecule has 3 rings (SSSR count). The summed E-state index contributed by atoms with van der Waals surface area (Å²) in [5.74, 6) is 0.385. The van der Waals surface area contributed by atoms with Crippen molar-refractivity contribution in [2.45, 2.75) is 6.42 Å². The predicted octanol–water partition coefficient (Wildman–Crippen LogP) is 3.60. The molecule has 0 saturated carbocycles. The van der Waals surface area contributed by atoms with E-state index in [0.29, 0.717) is 23.0 Å². The lowest BCUT2D eigenvalue weighted by Crippen LogP contribution is -2.31. The van der Waals surface area contributed by atoms with E-state index in [1.165, 1.54) is 5.69 Å². The van der Waals surface area contributed by atoms with Gasteiger partial charge in [0.15, 0.2) is 0 Å². The second-order valence-corrected chi connectivity index (χ2v) is 6.03. The summed E-state index contributed by atoms with van der Waals surface area (Å²) in [4.78, 5) is 14.5. The molecule has 1 heterocycles. The molecule has 4 heteroatoms. The number of carbonyl (C=O) groups is 1. The highest BCUT2D eigenvalue weighted by atomic mass is 35.5. The molecule has 0 bridgehead atoms. The number of nitrogens with zero attached hydrogens (tertiary/aromatic N) is 1. The molecule has 0 aromatic heterocycles. The van der Waals surface area contributed by atoms with Crippen molar-refractivity contribution in [2.75, 3.05) is 24.5 Å². The van der Waals surface area contributed by atoms with Crippen molar-refractivity contribution in [3.05, 3.63) is 65.2 Å². The Hall–Kier alpha value is -2.00. The first-order chi connectivity index (χ1) is 10.7. The molecule has 1 unspecified atom stereocenters. The van der Waals surface area contributed by atoms with Crippen molar-refractivity contribution in [1.29, 1.82) is 0 Å². The van der Waals surface area contributed by atoms with E-state index in [2.05, 4.69) is 34.5 Å². The molecule has 3 nitrogen and oxygen atoms in total. The number of benzene rings is 2. The van der Waals surface area contributed by atoms with Gasteiger partial charge in [0, 0.05) is 25.3 Å². The summed E-state index contributed by atoms with van der Waals surface area (Å²) in [7, 11) is 0. The Kier molecular flexibility index (Phi) is 4.64. The minimum absolute atomic E-state index is 0.0937. The van der Waals surface area contributed by atoms with Gasteiger partial charge in [-0.25, -0.2) is 0 Å². The van der Waals surface area contributed by atoms with Crippen LogP contribution in [0.25, 0.3) is 0 Å². The number of hydrogen-bond donors (Lipinski definition) is 1. The first-order valence-electron chi connectivity index (χ1n) is 7.57. The van der Waals surface area contributed by atoms with E-state index in [0.717, 1.165) is 19.5 Å². The minimum atomic E-state index is -0.0937. The van der Waals surface area contributed by atoms with E-state index in [-0.39, 0.29) is 5.91 Å². The molecule has 0 aliphatic carbocycles. The predicted molar refractivity (Wildman–Crippen MR) is 90.5 cm³/mol. The number of nitrogens with one attached hydrogen (secondary N) is 1. The van der Waals surface area contributed by atoms with Crippen LogP contribution in [0.4, 0.5) is 5.69 Å². The van der Waals surface area contributed by atoms with Crippen molar-refractivity contribution >= 4 is 23.2 Å². The molecule has 1 amide bonds. The third-order valence-electron chi connectivity index (χ3n) is 4.08. The van der Waals surface area contributed by atoms with Gasteiger partial charge in [-0.15, -0.1) is 0 Å². The molecule has 2 aromatic carbocycles. The normalized spacial score (nSPS) is 17.5. The Labute approximate surface area is 135 Å². The Morgan fingerprint density at radius 2 is 1.86 bits per heavy atom. The average molecular weight is 315 g/mol. The van der Waals surface area contributed by atoms with Crippen molar-refractivity contribution in [1.82, 2.24) is 5.32 Å². The zero-order valence-electron chi connectivity index (χ0n) is 12.3. The summed E-state index contributed by atoms with van der Waals surface area (Å²) in [5, 5.41) is 3.50. The zero-order chi connectivity index (χ0) is 15.4. The Morgan fingerprint density at radius 1 is 1.14 bits per heavy atom. The van der Waals surface area contributed by atoms with Crippen LogP contribution in [0.15, 0.2) is 54.6 Å². The quantitative estimate of drug-likeness (QED) is 0.935. The second kappa shape index (κ2) is 6.84. The number of amides is 1. The van der Waals surface area contributed by atoms with E-state index >= 15 is 0 Å². The van der Waals surface area contributed by atoms with Crippen molar-refractivity contribution < 1.29 is 4.79 Å². The summed E-state index contributed by atoms with van der Waals surface area (Å²) in [6.45, 7) is 2.71.